The van der Waals surface area contributed by atoms with E-state index in [9.17, 15) is 0 Å². The monoisotopic (exact) mass is 675 g/mol. The number of fused-ring (bicyclic) bond motifs is 9. The highest BCUT2D eigenvalue weighted by Gasteiger charge is 2.30. The molecule has 51 heavy (non-hydrogen) atoms. The lowest BCUT2D eigenvalue weighted by Gasteiger charge is -2.14. The lowest BCUT2D eigenvalue weighted by molar-refractivity contribution is 1.02. The van der Waals surface area contributed by atoms with Crippen LogP contribution in [0.4, 0.5) is 0 Å². The number of thiophene rings is 1. The Balaban J connectivity index is 1.04. The van der Waals surface area contributed by atoms with E-state index in [-0.39, 0.29) is 59.5 Å². The van der Waals surface area contributed by atoms with Gasteiger partial charge in [-0.2, -0.15) is 0 Å². The minimum atomic E-state index is -0.507. The van der Waals surface area contributed by atoms with Gasteiger partial charge in [0.15, 0.2) is 0 Å². The van der Waals surface area contributed by atoms with Gasteiger partial charge in [0.25, 0.3) is 0 Å². The molecule has 0 bridgehead atoms. The topological polar surface area (TPSA) is 4.93 Å². The third kappa shape index (κ3) is 4.33. The SMILES string of the molecule is [2H]c1c([2H])c([2H])c(-c2cccc3sc4cc(-n5c6ccccc6c6cc(-c7ccc8c(c7)-c7ccccc7C8c7c([2H])c([2H])c([2H])c([2H])c7[2H])ccc65)ccc4c23)c([2H])c1[2H]. The lowest BCUT2D eigenvalue weighted by Crippen LogP contribution is -1.98. The zero-order chi connectivity index (χ0) is 42.2. The summed E-state index contributed by atoms with van der Waals surface area (Å²) in [4.78, 5) is 0. The van der Waals surface area contributed by atoms with Gasteiger partial charge in [0.2, 0.25) is 0 Å². The minimum Gasteiger partial charge on any atom is -0.309 e. The van der Waals surface area contributed by atoms with Crippen molar-refractivity contribution in [1.82, 2.24) is 4.57 Å². The summed E-state index contributed by atoms with van der Waals surface area (Å²) in [5.74, 6) is -0.507. The number of hydrogen-bond donors (Lipinski definition) is 0. The smallest absolute Gasteiger partial charge is 0.0629 e. The molecular weight excluding hydrogens is 635 g/mol. The highest BCUT2D eigenvalue weighted by Crippen LogP contribution is 2.49. The highest BCUT2D eigenvalue weighted by atomic mass is 32.1. The first-order valence-corrected chi connectivity index (χ1v) is 17.6. The third-order valence-corrected chi connectivity index (χ3v) is 11.4. The Kier molecular flexibility index (Phi) is 4.47. The first-order chi connectivity index (χ1) is 29.4. The Morgan fingerprint density at radius 3 is 2.10 bits per heavy atom. The molecule has 1 atom stereocenters. The van der Waals surface area contributed by atoms with Crippen molar-refractivity contribution in [3.63, 3.8) is 0 Å². The number of benzene rings is 8. The predicted molar refractivity (Wildman–Crippen MR) is 217 cm³/mol. The largest absolute Gasteiger partial charge is 0.309 e. The van der Waals surface area contributed by atoms with Crippen molar-refractivity contribution >= 4 is 53.3 Å². The molecule has 0 N–H and O–H groups in total. The van der Waals surface area contributed by atoms with Crippen molar-refractivity contribution in [3.8, 4) is 39.1 Å². The molecule has 2 aromatic heterocycles. The first-order valence-electron chi connectivity index (χ1n) is 21.8. The van der Waals surface area contributed by atoms with Crippen molar-refractivity contribution in [3.05, 3.63) is 198 Å². The second kappa shape index (κ2) is 11.1. The van der Waals surface area contributed by atoms with Gasteiger partial charge in [-0.1, -0.05) is 139 Å². The zero-order valence-electron chi connectivity index (χ0n) is 37.0. The Labute approximate surface area is 314 Å². The fraction of sp³-hybridized carbons (Fsp3) is 0.0204. The van der Waals surface area contributed by atoms with Crippen LogP contribution in [0.2, 0.25) is 0 Å². The summed E-state index contributed by atoms with van der Waals surface area (Å²) < 4.78 is 88.9. The Bertz CT molecular complexity index is 3510. The van der Waals surface area contributed by atoms with Crippen LogP contribution in [0.5, 0.6) is 0 Å². The van der Waals surface area contributed by atoms with E-state index in [0.29, 0.717) is 5.56 Å². The first kappa shape index (κ1) is 20.5. The molecule has 0 saturated carbocycles. The van der Waals surface area contributed by atoms with Crippen molar-refractivity contribution < 1.29 is 13.7 Å². The number of para-hydroxylation sites is 1. The quantitative estimate of drug-likeness (QED) is 0.175. The van der Waals surface area contributed by atoms with Crippen LogP contribution in [0.3, 0.4) is 0 Å². The molecule has 8 aromatic carbocycles. The van der Waals surface area contributed by atoms with Crippen LogP contribution < -0.4 is 0 Å². The van der Waals surface area contributed by atoms with Crippen LogP contribution in [0.1, 0.15) is 36.3 Å². The summed E-state index contributed by atoms with van der Waals surface area (Å²) >= 11 is 1.61. The maximum atomic E-state index is 8.80. The van der Waals surface area contributed by atoms with Gasteiger partial charge in [0.05, 0.1) is 24.7 Å². The zero-order valence-corrected chi connectivity index (χ0v) is 27.8. The molecule has 1 nitrogen and oxygen atoms in total. The molecule has 0 spiro atoms. The summed E-state index contributed by atoms with van der Waals surface area (Å²) in [6.45, 7) is 0. The molecule has 11 rings (SSSR count). The lowest BCUT2D eigenvalue weighted by atomic mass is 9.89. The molecule has 10 aromatic rings. The molecule has 0 amide bonds. The van der Waals surface area contributed by atoms with E-state index in [1.165, 1.54) is 0 Å². The van der Waals surface area contributed by atoms with E-state index < -0.39 is 18.0 Å². The number of nitrogens with zero attached hydrogens (tertiary/aromatic N) is 1. The maximum Gasteiger partial charge on any atom is 0.0629 e. The summed E-state index contributed by atoms with van der Waals surface area (Å²) in [6, 6.07) is 38.0. The molecular formula is C49H31NS. The molecule has 1 unspecified atom stereocenters. The average Bonchev–Trinajstić information content (AvgIpc) is 3.94. The second-order valence-electron chi connectivity index (χ2n) is 12.9. The molecule has 2 heterocycles. The minimum absolute atomic E-state index is 0.186. The standard InChI is InChI=1S/C49H31NS/c1-3-12-31(13-4-1)36-19-11-21-46-49(36)41-26-24-35(30-47(41)51-46)50-44-20-10-9-17-38(44)43-29-34(23-27-45(43)50)33-22-25-40-42(28-33)37-16-7-8-18-39(37)48(40)32-14-5-2-6-15-32/h1-30,48H/i1D,2D,3D,4D,5D,6D,12D,13D,14D,15D. The molecule has 0 fully saturated rings. The van der Waals surface area contributed by atoms with Gasteiger partial charge >= 0.3 is 0 Å². The number of hydrogen-bond acceptors (Lipinski definition) is 1. The Morgan fingerprint density at radius 2 is 1.20 bits per heavy atom. The average molecular weight is 676 g/mol. The second-order valence-corrected chi connectivity index (χ2v) is 14.0. The van der Waals surface area contributed by atoms with Crippen molar-refractivity contribution in [2.75, 3.05) is 0 Å². The van der Waals surface area contributed by atoms with Crippen molar-refractivity contribution in [2.45, 2.75) is 5.92 Å². The van der Waals surface area contributed by atoms with Gasteiger partial charge in [-0.05, 0) is 92.5 Å². The summed E-state index contributed by atoms with van der Waals surface area (Å²) in [5.41, 5.74) is 9.89. The molecule has 0 radical (unpaired) electrons. The summed E-state index contributed by atoms with van der Waals surface area (Å²) in [5, 5.41) is 3.97. The maximum absolute atomic E-state index is 8.80. The van der Waals surface area contributed by atoms with Gasteiger partial charge in [0.1, 0.15) is 0 Å². The van der Waals surface area contributed by atoms with Crippen molar-refractivity contribution in [1.29, 1.82) is 0 Å². The van der Waals surface area contributed by atoms with Gasteiger partial charge in [-0.25, -0.2) is 0 Å². The van der Waals surface area contributed by atoms with E-state index in [2.05, 4.69) is 65.2 Å². The Morgan fingerprint density at radius 1 is 0.471 bits per heavy atom. The summed E-state index contributed by atoms with van der Waals surface area (Å²) in [6.07, 6.45) is 0. The molecule has 2 heteroatoms. The van der Waals surface area contributed by atoms with Crippen LogP contribution in [-0.4, -0.2) is 4.57 Å². The van der Waals surface area contributed by atoms with Crippen LogP contribution in [0.15, 0.2) is 182 Å². The molecule has 1 aliphatic carbocycles. The highest BCUT2D eigenvalue weighted by molar-refractivity contribution is 7.26. The van der Waals surface area contributed by atoms with Crippen LogP contribution in [0, 0.1) is 0 Å². The normalized spacial score (nSPS) is 16.4. The molecule has 238 valence electrons. The Hall–Kier alpha value is -6.22. The van der Waals surface area contributed by atoms with E-state index in [1.807, 2.05) is 60.7 Å². The van der Waals surface area contributed by atoms with Gasteiger partial charge in [0, 0.05) is 42.6 Å². The van der Waals surface area contributed by atoms with Crippen LogP contribution >= 0.6 is 11.3 Å². The molecule has 1 aliphatic rings. The van der Waals surface area contributed by atoms with E-state index >= 15 is 0 Å². The van der Waals surface area contributed by atoms with Crippen LogP contribution in [-0.2, 0) is 0 Å². The van der Waals surface area contributed by atoms with Gasteiger partial charge < -0.3 is 4.57 Å². The molecule has 0 aliphatic heterocycles. The fourth-order valence-corrected chi connectivity index (χ4v) is 9.24. The van der Waals surface area contributed by atoms with E-state index in [0.717, 1.165) is 81.0 Å². The summed E-state index contributed by atoms with van der Waals surface area (Å²) in [7, 11) is 0. The van der Waals surface area contributed by atoms with Crippen LogP contribution in [0.25, 0.3) is 81.0 Å². The van der Waals surface area contributed by atoms with E-state index in [4.69, 9.17) is 13.7 Å². The predicted octanol–water partition coefficient (Wildman–Crippen LogP) is 13.6. The fourth-order valence-electron chi connectivity index (χ4n) is 8.07. The number of rotatable bonds is 4. The van der Waals surface area contributed by atoms with E-state index in [1.54, 1.807) is 11.3 Å². The van der Waals surface area contributed by atoms with Gasteiger partial charge in [-0.15, -0.1) is 11.3 Å². The van der Waals surface area contributed by atoms with Crippen molar-refractivity contribution in [2.24, 2.45) is 0 Å². The molecule has 0 saturated heterocycles. The third-order valence-electron chi connectivity index (χ3n) is 10.2. The number of aromatic nitrogens is 1. The van der Waals surface area contributed by atoms with Gasteiger partial charge in [-0.3, -0.25) is 0 Å².